The van der Waals surface area contributed by atoms with E-state index < -0.39 is 0 Å². The van der Waals surface area contributed by atoms with Crippen molar-refractivity contribution in [2.45, 2.75) is 58.2 Å². The van der Waals surface area contributed by atoms with Crippen molar-refractivity contribution in [3.05, 3.63) is 30.1 Å². The number of aromatic nitrogens is 2. The van der Waals surface area contributed by atoms with Crippen molar-refractivity contribution in [1.29, 1.82) is 0 Å². The highest BCUT2D eigenvalue weighted by molar-refractivity contribution is 5.82. The minimum Gasteiger partial charge on any atom is -0.345 e. The van der Waals surface area contributed by atoms with Gasteiger partial charge >= 0.3 is 0 Å². The van der Waals surface area contributed by atoms with Crippen molar-refractivity contribution in [3.63, 3.8) is 0 Å². The smallest absolute Gasteiger partial charge is 0.237 e. The number of piperidine rings is 1. The third-order valence-corrected chi connectivity index (χ3v) is 4.51. The largest absolute Gasteiger partial charge is 0.345 e. The van der Waals surface area contributed by atoms with Gasteiger partial charge in [-0.1, -0.05) is 18.6 Å². The first-order chi connectivity index (χ1) is 11.1. The molecule has 2 aromatic rings. The van der Waals surface area contributed by atoms with E-state index >= 15 is 0 Å². The van der Waals surface area contributed by atoms with Gasteiger partial charge in [-0.25, -0.2) is 4.98 Å². The van der Waals surface area contributed by atoms with Gasteiger partial charge in [-0.15, -0.1) is 0 Å². The monoisotopic (exact) mass is 314 g/mol. The Balaban J connectivity index is 1.84. The van der Waals surface area contributed by atoms with E-state index in [1.54, 1.807) is 0 Å². The van der Waals surface area contributed by atoms with Gasteiger partial charge in [0, 0.05) is 6.04 Å². The van der Waals surface area contributed by atoms with Crippen molar-refractivity contribution in [1.82, 2.24) is 20.2 Å². The molecule has 0 spiro atoms. The van der Waals surface area contributed by atoms with Crippen LogP contribution in [0.1, 0.15) is 57.9 Å². The van der Waals surface area contributed by atoms with Crippen LogP contribution < -0.4 is 10.6 Å². The molecule has 1 saturated heterocycles. The van der Waals surface area contributed by atoms with Gasteiger partial charge in [-0.2, -0.15) is 0 Å². The van der Waals surface area contributed by atoms with Gasteiger partial charge in [-0.3, -0.25) is 4.79 Å². The summed E-state index contributed by atoms with van der Waals surface area (Å²) in [5, 5.41) is 6.44. The summed E-state index contributed by atoms with van der Waals surface area (Å²) in [7, 11) is 0. The molecule has 124 valence electrons. The lowest BCUT2D eigenvalue weighted by atomic mass is 10.0. The summed E-state index contributed by atoms with van der Waals surface area (Å²) in [5.41, 5.74) is 2.10. The van der Waals surface area contributed by atoms with E-state index in [0.29, 0.717) is 6.04 Å². The number of fused-ring (bicyclic) bond motifs is 1. The molecule has 5 heteroatoms. The molecule has 0 bridgehead atoms. The highest BCUT2D eigenvalue weighted by Crippen LogP contribution is 2.25. The van der Waals surface area contributed by atoms with Gasteiger partial charge in [0.25, 0.3) is 0 Å². The Kier molecular flexibility index (Phi) is 4.66. The summed E-state index contributed by atoms with van der Waals surface area (Å²) in [6.07, 6.45) is 3.19. The van der Waals surface area contributed by atoms with Crippen LogP contribution in [0.3, 0.4) is 0 Å². The number of carbonyl (C=O) groups excluding carboxylic acids is 1. The van der Waals surface area contributed by atoms with Crippen LogP contribution in [0, 0.1) is 0 Å². The van der Waals surface area contributed by atoms with Crippen LogP contribution >= 0.6 is 0 Å². The van der Waals surface area contributed by atoms with Gasteiger partial charge < -0.3 is 15.2 Å². The number of hydrogen-bond acceptors (Lipinski definition) is 3. The standard InChI is InChI=1S/C18H26N4O/c1-12(2)22-16-10-5-4-8-14(16)21-17(22)13(3)20-18(23)15-9-6-7-11-19-15/h4-5,8,10,12-13,15,19H,6-7,9,11H2,1-3H3,(H,20,23). The first kappa shape index (κ1) is 16.0. The molecular weight excluding hydrogens is 288 g/mol. The number of imidazole rings is 1. The lowest BCUT2D eigenvalue weighted by molar-refractivity contribution is -0.124. The first-order valence-corrected chi connectivity index (χ1v) is 8.58. The van der Waals surface area contributed by atoms with Gasteiger partial charge in [0.05, 0.1) is 23.1 Å². The Morgan fingerprint density at radius 1 is 1.30 bits per heavy atom. The Morgan fingerprint density at radius 2 is 2.09 bits per heavy atom. The minimum atomic E-state index is -0.110. The summed E-state index contributed by atoms with van der Waals surface area (Å²) >= 11 is 0. The second kappa shape index (κ2) is 6.71. The number of para-hydroxylation sites is 2. The number of nitrogens with zero attached hydrogens (tertiary/aromatic N) is 2. The summed E-state index contributed by atoms with van der Waals surface area (Å²) in [6, 6.07) is 8.26. The molecule has 1 aliphatic heterocycles. The maximum absolute atomic E-state index is 12.5. The summed E-state index contributed by atoms with van der Waals surface area (Å²) < 4.78 is 2.22. The lowest BCUT2D eigenvalue weighted by Gasteiger charge is -2.25. The molecule has 5 nitrogen and oxygen atoms in total. The number of benzene rings is 1. The molecule has 2 atom stereocenters. The highest BCUT2D eigenvalue weighted by atomic mass is 16.2. The number of amides is 1. The number of nitrogens with one attached hydrogen (secondary N) is 2. The van der Waals surface area contributed by atoms with Gasteiger partial charge in [0.15, 0.2) is 0 Å². The molecule has 0 aliphatic carbocycles. The predicted molar refractivity (Wildman–Crippen MR) is 92.3 cm³/mol. The fourth-order valence-electron chi connectivity index (χ4n) is 3.37. The molecule has 1 aromatic carbocycles. The molecule has 1 aromatic heterocycles. The minimum absolute atomic E-state index is 0.0666. The third-order valence-electron chi connectivity index (χ3n) is 4.51. The van der Waals surface area contributed by atoms with Gasteiger partial charge in [0.1, 0.15) is 5.82 Å². The van der Waals surface area contributed by atoms with Gasteiger partial charge in [-0.05, 0) is 52.3 Å². The molecule has 2 heterocycles. The van der Waals surface area contributed by atoms with Gasteiger partial charge in [0.2, 0.25) is 5.91 Å². The number of carbonyl (C=O) groups is 1. The highest BCUT2D eigenvalue weighted by Gasteiger charge is 2.25. The van der Waals surface area contributed by atoms with Crippen LogP contribution in [0.5, 0.6) is 0 Å². The molecule has 1 amide bonds. The summed E-state index contributed by atoms with van der Waals surface area (Å²) in [6.45, 7) is 7.24. The van der Waals surface area contributed by atoms with Crippen molar-refractivity contribution in [3.8, 4) is 0 Å². The second-order valence-corrected chi connectivity index (χ2v) is 6.66. The zero-order valence-corrected chi connectivity index (χ0v) is 14.2. The van der Waals surface area contributed by atoms with Crippen molar-refractivity contribution in [2.24, 2.45) is 0 Å². The van der Waals surface area contributed by atoms with E-state index in [-0.39, 0.29) is 18.0 Å². The van der Waals surface area contributed by atoms with E-state index in [9.17, 15) is 4.79 Å². The molecule has 1 fully saturated rings. The zero-order valence-electron chi connectivity index (χ0n) is 14.2. The average molecular weight is 314 g/mol. The predicted octanol–water partition coefficient (Wildman–Crippen LogP) is 2.94. The summed E-state index contributed by atoms with van der Waals surface area (Å²) in [4.78, 5) is 17.2. The van der Waals surface area contributed by atoms with Crippen molar-refractivity contribution in [2.75, 3.05) is 6.54 Å². The van der Waals surface area contributed by atoms with Crippen LogP contribution in [0.4, 0.5) is 0 Å². The fourth-order valence-corrected chi connectivity index (χ4v) is 3.37. The van der Waals surface area contributed by atoms with Crippen LogP contribution in [-0.4, -0.2) is 28.0 Å². The molecule has 2 unspecified atom stereocenters. The van der Waals surface area contributed by atoms with E-state index in [0.717, 1.165) is 42.7 Å². The number of rotatable bonds is 4. The van der Waals surface area contributed by atoms with Crippen LogP contribution in [-0.2, 0) is 4.79 Å². The maximum atomic E-state index is 12.5. The zero-order chi connectivity index (χ0) is 16.4. The maximum Gasteiger partial charge on any atom is 0.237 e. The van der Waals surface area contributed by atoms with E-state index in [1.165, 1.54) is 0 Å². The van der Waals surface area contributed by atoms with Crippen LogP contribution in [0.2, 0.25) is 0 Å². The Bertz CT molecular complexity index is 685. The molecule has 3 rings (SSSR count). The molecule has 2 N–H and O–H groups in total. The Labute approximate surface area is 137 Å². The number of hydrogen-bond donors (Lipinski definition) is 2. The normalized spacial score (nSPS) is 19.9. The van der Waals surface area contributed by atoms with Crippen molar-refractivity contribution >= 4 is 16.9 Å². The average Bonchev–Trinajstić information content (AvgIpc) is 2.95. The van der Waals surface area contributed by atoms with E-state index in [1.807, 2.05) is 25.1 Å². The fraction of sp³-hybridized carbons (Fsp3) is 0.556. The van der Waals surface area contributed by atoms with Crippen molar-refractivity contribution < 1.29 is 4.79 Å². The van der Waals surface area contributed by atoms with Crippen LogP contribution in [0.25, 0.3) is 11.0 Å². The second-order valence-electron chi connectivity index (χ2n) is 6.66. The van der Waals surface area contributed by atoms with E-state index in [4.69, 9.17) is 4.98 Å². The molecule has 23 heavy (non-hydrogen) atoms. The Hall–Kier alpha value is -1.88. The van der Waals surface area contributed by atoms with Crippen LogP contribution in [0.15, 0.2) is 24.3 Å². The SMILES string of the molecule is CC(NC(=O)C1CCCCN1)c1nc2ccccc2n1C(C)C. The molecule has 0 saturated carbocycles. The topological polar surface area (TPSA) is 59.0 Å². The molecule has 1 aliphatic rings. The molecular formula is C18H26N4O. The lowest BCUT2D eigenvalue weighted by Crippen LogP contribution is -2.47. The van der Waals surface area contributed by atoms with E-state index in [2.05, 4.69) is 35.1 Å². The molecule has 0 radical (unpaired) electrons. The quantitative estimate of drug-likeness (QED) is 0.912. The summed E-state index contributed by atoms with van der Waals surface area (Å²) in [5.74, 6) is 1.00. The first-order valence-electron chi connectivity index (χ1n) is 8.58. The Morgan fingerprint density at radius 3 is 2.78 bits per heavy atom. The third kappa shape index (κ3) is 3.24.